The highest BCUT2D eigenvalue weighted by Crippen LogP contribution is 2.15. The molecule has 1 atom stereocenters. The van der Waals surface area contributed by atoms with Gasteiger partial charge in [0.1, 0.15) is 0 Å². The third kappa shape index (κ3) is 4.27. The molecule has 20 heavy (non-hydrogen) atoms. The Balaban J connectivity index is 1.73. The third-order valence-corrected chi connectivity index (χ3v) is 3.98. The molecule has 0 unspecified atom stereocenters. The van der Waals surface area contributed by atoms with Gasteiger partial charge in [0.2, 0.25) is 5.91 Å². The molecule has 110 valence electrons. The van der Waals surface area contributed by atoms with Crippen LogP contribution in [0.15, 0.2) is 18.6 Å². The molecule has 1 amide bonds. The number of nitrogens with zero attached hydrogens (tertiary/aromatic N) is 4. The second kappa shape index (κ2) is 7.33. The van der Waals surface area contributed by atoms with Crippen molar-refractivity contribution in [2.24, 2.45) is 0 Å². The molecule has 1 aliphatic rings. The Morgan fingerprint density at radius 2 is 2.15 bits per heavy atom. The Kier molecular flexibility index (Phi) is 5.47. The van der Waals surface area contributed by atoms with Gasteiger partial charge in [0.25, 0.3) is 0 Å². The van der Waals surface area contributed by atoms with Gasteiger partial charge in [-0.2, -0.15) is 0 Å². The van der Waals surface area contributed by atoms with Crippen molar-refractivity contribution in [1.82, 2.24) is 19.8 Å². The summed E-state index contributed by atoms with van der Waals surface area (Å²) in [4.78, 5) is 24.6. The van der Waals surface area contributed by atoms with Crippen molar-refractivity contribution in [3.05, 3.63) is 24.3 Å². The Morgan fingerprint density at radius 3 is 2.80 bits per heavy atom. The second-order valence-corrected chi connectivity index (χ2v) is 5.58. The average Bonchev–Trinajstić information content (AvgIpc) is 2.99. The zero-order chi connectivity index (χ0) is 14.4. The highest BCUT2D eigenvalue weighted by atomic mass is 16.2. The van der Waals surface area contributed by atoms with Crippen molar-refractivity contribution >= 4 is 5.91 Å². The monoisotopic (exact) mass is 276 g/mol. The lowest BCUT2D eigenvalue weighted by Crippen LogP contribution is -2.32. The van der Waals surface area contributed by atoms with E-state index in [9.17, 15) is 4.79 Å². The maximum Gasteiger partial charge on any atom is 0.222 e. The molecule has 1 fully saturated rings. The third-order valence-electron chi connectivity index (χ3n) is 3.98. The van der Waals surface area contributed by atoms with Crippen LogP contribution in [0.3, 0.4) is 0 Å². The van der Waals surface area contributed by atoms with Crippen molar-refractivity contribution < 1.29 is 4.79 Å². The second-order valence-electron chi connectivity index (χ2n) is 5.58. The van der Waals surface area contributed by atoms with E-state index in [-0.39, 0.29) is 5.91 Å². The van der Waals surface area contributed by atoms with Crippen molar-refractivity contribution in [2.45, 2.75) is 45.2 Å². The molecule has 5 heteroatoms. The van der Waals surface area contributed by atoms with Gasteiger partial charge in [-0.15, -0.1) is 0 Å². The van der Waals surface area contributed by atoms with E-state index in [4.69, 9.17) is 0 Å². The molecule has 0 spiro atoms. The summed E-state index contributed by atoms with van der Waals surface area (Å²) in [6.45, 7) is 5.13. The number of carbonyl (C=O) groups excluding carboxylic acids is 1. The molecule has 1 aromatic heterocycles. The van der Waals surface area contributed by atoms with Gasteiger partial charge in [-0.05, 0) is 39.3 Å². The Bertz CT molecular complexity index is 417. The van der Waals surface area contributed by atoms with Crippen LogP contribution in [0.1, 0.15) is 38.3 Å². The largest absolute Gasteiger partial charge is 0.340 e. The number of carbonyl (C=O) groups is 1. The van der Waals surface area contributed by atoms with Crippen LogP contribution >= 0.6 is 0 Å². The van der Waals surface area contributed by atoms with Gasteiger partial charge >= 0.3 is 0 Å². The lowest BCUT2D eigenvalue weighted by Gasteiger charge is -2.24. The molecule has 1 aliphatic heterocycles. The first kappa shape index (κ1) is 14.9. The number of likely N-dealkylation sites (tertiary alicyclic amines) is 1. The highest BCUT2D eigenvalue weighted by molar-refractivity contribution is 5.75. The van der Waals surface area contributed by atoms with Gasteiger partial charge in [-0.3, -0.25) is 14.8 Å². The Hall–Kier alpha value is -1.49. The fourth-order valence-electron chi connectivity index (χ4n) is 2.63. The van der Waals surface area contributed by atoms with Crippen molar-refractivity contribution in [3.8, 4) is 0 Å². The highest BCUT2D eigenvalue weighted by Gasteiger charge is 2.19. The van der Waals surface area contributed by atoms with Crippen LogP contribution in [0, 0.1) is 0 Å². The van der Waals surface area contributed by atoms with E-state index in [1.54, 1.807) is 23.5 Å². The quantitative estimate of drug-likeness (QED) is 0.793. The van der Waals surface area contributed by atoms with Crippen LogP contribution in [0.25, 0.3) is 0 Å². The molecule has 0 N–H and O–H groups in total. The molecule has 0 saturated carbocycles. The molecule has 0 aromatic carbocycles. The molecule has 0 radical (unpaired) electrons. The SMILES string of the molecule is C[C@H](CCC(=O)N(C)Cc1cnccn1)N1CCCC1. The van der Waals surface area contributed by atoms with E-state index in [2.05, 4.69) is 21.8 Å². The average molecular weight is 276 g/mol. The lowest BCUT2D eigenvalue weighted by atomic mass is 10.1. The molecule has 2 rings (SSSR count). The number of amides is 1. The summed E-state index contributed by atoms with van der Waals surface area (Å²) >= 11 is 0. The van der Waals surface area contributed by atoms with Crippen molar-refractivity contribution in [3.63, 3.8) is 0 Å². The van der Waals surface area contributed by atoms with Crippen molar-refractivity contribution in [2.75, 3.05) is 20.1 Å². The van der Waals surface area contributed by atoms with Crippen LogP contribution in [0.2, 0.25) is 0 Å². The van der Waals surface area contributed by atoms with Gasteiger partial charge in [-0.1, -0.05) is 0 Å². The number of hydrogen-bond donors (Lipinski definition) is 0. The van der Waals surface area contributed by atoms with Gasteiger partial charge in [0.05, 0.1) is 18.4 Å². The summed E-state index contributed by atoms with van der Waals surface area (Å²) < 4.78 is 0. The van der Waals surface area contributed by atoms with Crippen LogP contribution in [0.4, 0.5) is 0 Å². The summed E-state index contributed by atoms with van der Waals surface area (Å²) in [6.07, 6.45) is 9.14. The lowest BCUT2D eigenvalue weighted by molar-refractivity contribution is -0.130. The molecule has 0 aliphatic carbocycles. The van der Waals surface area contributed by atoms with E-state index < -0.39 is 0 Å². The van der Waals surface area contributed by atoms with Gasteiger partial charge in [-0.25, -0.2) is 0 Å². The minimum atomic E-state index is 0.182. The molecular formula is C15H24N4O. The smallest absolute Gasteiger partial charge is 0.222 e. The maximum absolute atomic E-state index is 12.1. The summed E-state index contributed by atoms with van der Waals surface area (Å²) in [6, 6.07) is 0.506. The topological polar surface area (TPSA) is 49.3 Å². The van der Waals surface area contributed by atoms with Gasteiger partial charge in [0.15, 0.2) is 0 Å². The summed E-state index contributed by atoms with van der Waals surface area (Å²) in [7, 11) is 1.83. The van der Waals surface area contributed by atoms with E-state index in [0.29, 0.717) is 19.0 Å². The minimum Gasteiger partial charge on any atom is -0.340 e. The first-order chi connectivity index (χ1) is 9.66. The van der Waals surface area contributed by atoms with Crippen molar-refractivity contribution in [1.29, 1.82) is 0 Å². The van der Waals surface area contributed by atoms with Crippen LogP contribution in [-0.4, -0.2) is 51.9 Å². The molecule has 2 heterocycles. The normalized spacial score (nSPS) is 17.1. The zero-order valence-corrected chi connectivity index (χ0v) is 12.5. The maximum atomic E-state index is 12.1. The fraction of sp³-hybridized carbons (Fsp3) is 0.667. The number of hydrogen-bond acceptors (Lipinski definition) is 4. The van der Waals surface area contributed by atoms with Crippen LogP contribution in [0.5, 0.6) is 0 Å². The molecule has 5 nitrogen and oxygen atoms in total. The standard InChI is InChI=1S/C15H24N4O/c1-13(19-9-3-4-10-19)5-6-15(20)18(2)12-14-11-16-7-8-17-14/h7-8,11,13H,3-6,9-10,12H2,1-2H3/t13-/m1/s1. The summed E-state index contributed by atoms with van der Waals surface area (Å²) in [5, 5.41) is 0. The van der Waals surface area contributed by atoms with Gasteiger partial charge < -0.3 is 9.80 Å². The number of rotatable bonds is 6. The first-order valence-corrected chi connectivity index (χ1v) is 7.39. The van der Waals surface area contributed by atoms with E-state index in [0.717, 1.165) is 12.1 Å². The van der Waals surface area contributed by atoms with E-state index in [1.807, 2.05) is 7.05 Å². The van der Waals surface area contributed by atoms with E-state index in [1.165, 1.54) is 25.9 Å². The molecule has 0 bridgehead atoms. The van der Waals surface area contributed by atoms with Crippen LogP contribution < -0.4 is 0 Å². The van der Waals surface area contributed by atoms with Gasteiger partial charge in [0, 0.05) is 31.9 Å². The number of aromatic nitrogens is 2. The predicted molar refractivity (Wildman–Crippen MR) is 78.0 cm³/mol. The van der Waals surface area contributed by atoms with Crippen LogP contribution in [-0.2, 0) is 11.3 Å². The fourth-order valence-corrected chi connectivity index (χ4v) is 2.63. The molecule has 1 aromatic rings. The predicted octanol–water partition coefficient (Wildman–Crippen LogP) is 1.70. The summed E-state index contributed by atoms with van der Waals surface area (Å²) in [5.74, 6) is 0.182. The Labute approximate surface area is 121 Å². The molecule has 1 saturated heterocycles. The first-order valence-electron chi connectivity index (χ1n) is 7.39. The van der Waals surface area contributed by atoms with E-state index >= 15 is 0 Å². The Morgan fingerprint density at radius 1 is 1.40 bits per heavy atom. The zero-order valence-electron chi connectivity index (χ0n) is 12.5. The molecular weight excluding hydrogens is 252 g/mol. The minimum absolute atomic E-state index is 0.182. The summed E-state index contributed by atoms with van der Waals surface area (Å²) in [5.41, 5.74) is 0.830.